The molecule has 0 aliphatic carbocycles. The van der Waals surface area contributed by atoms with Gasteiger partial charge in [0.15, 0.2) is 5.82 Å². The van der Waals surface area contributed by atoms with Gasteiger partial charge in [0.25, 0.3) is 5.91 Å². The van der Waals surface area contributed by atoms with E-state index in [2.05, 4.69) is 15.8 Å². The molecular formula is C20H23N5O3S. The summed E-state index contributed by atoms with van der Waals surface area (Å²) in [6.07, 6.45) is 0.841. The SMILES string of the molecule is CC(C)(C)C1SCC(C(=O)NNc2nc3ccccc3n3cccc23)N1C(=O)O. The smallest absolute Gasteiger partial charge is 0.408 e. The van der Waals surface area contributed by atoms with E-state index in [4.69, 9.17) is 0 Å². The van der Waals surface area contributed by atoms with Gasteiger partial charge in [0.2, 0.25) is 0 Å². The standard InChI is InChI=1S/C20H23N5O3S/c1-20(2,3)18-25(19(27)28)15(11-29-18)17(26)23-22-16-14-9-6-10-24(14)13-8-5-4-7-12(13)21-16/h4-10,15,18H,11H2,1-3H3,(H,21,22)(H,23,26)(H,27,28). The van der Waals surface area contributed by atoms with Gasteiger partial charge in [-0.15, -0.1) is 11.8 Å². The minimum Gasteiger partial charge on any atom is -0.465 e. The van der Waals surface area contributed by atoms with Gasteiger partial charge in [-0.2, -0.15) is 0 Å². The fourth-order valence-electron chi connectivity index (χ4n) is 3.63. The van der Waals surface area contributed by atoms with Crippen molar-refractivity contribution >= 4 is 46.1 Å². The lowest BCUT2D eigenvalue weighted by molar-refractivity contribution is -0.124. The zero-order valence-electron chi connectivity index (χ0n) is 16.4. The van der Waals surface area contributed by atoms with Crippen LogP contribution in [-0.2, 0) is 4.79 Å². The third kappa shape index (κ3) is 3.46. The molecule has 0 saturated carbocycles. The number of anilines is 1. The van der Waals surface area contributed by atoms with Crippen molar-refractivity contribution in [3.05, 3.63) is 42.6 Å². The van der Waals surface area contributed by atoms with Gasteiger partial charge in [0.05, 0.1) is 21.9 Å². The Bertz CT molecular complexity index is 1090. The maximum absolute atomic E-state index is 12.8. The molecule has 1 saturated heterocycles. The number of amides is 2. The van der Waals surface area contributed by atoms with Crippen LogP contribution in [0.25, 0.3) is 16.6 Å². The van der Waals surface area contributed by atoms with Crippen LogP contribution in [0.3, 0.4) is 0 Å². The lowest BCUT2D eigenvalue weighted by Gasteiger charge is -2.34. The Morgan fingerprint density at radius 3 is 2.62 bits per heavy atom. The minimum atomic E-state index is -1.09. The molecular weight excluding hydrogens is 390 g/mol. The number of carbonyl (C=O) groups is 2. The zero-order chi connectivity index (χ0) is 20.8. The molecule has 1 aromatic carbocycles. The number of carboxylic acid groups (broad SMARTS) is 1. The van der Waals surface area contributed by atoms with Crippen LogP contribution in [0.2, 0.25) is 0 Å². The summed E-state index contributed by atoms with van der Waals surface area (Å²) in [5.41, 5.74) is 7.84. The van der Waals surface area contributed by atoms with E-state index in [0.717, 1.165) is 16.6 Å². The van der Waals surface area contributed by atoms with E-state index in [1.54, 1.807) is 0 Å². The summed E-state index contributed by atoms with van der Waals surface area (Å²) in [6, 6.07) is 10.8. The summed E-state index contributed by atoms with van der Waals surface area (Å²) in [5.74, 6) is 0.515. The third-order valence-corrected chi connectivity index (χ3v) is 6.69. The van der Waals surface area contributed by atoms with Gasteiger partial charge in [-0.25, -0.2) is 9.78 Å². The number of aromatic nitrogens is 2. The van der Waals surface area contributed by atoms with E-state index in [-0.39, 0.29) is 10.8 Å². The largest absolute Gasteiger partial charge is 0.465 e. The minimum absolute atomic E-state index is 0.274. The highest BCUT2D eigenvalue weighted by Crippen LogP contribution is 2.40. The number of rotatable bonds is 3. The number of benzene rings is 1. The van der Waals surface area contributed by atoms with Crippen LogP contribution < -0.4 is 10.9 Å². The van der Waals surface area contributed by atoms with E-state index < -0.39 is 18.0 Å². The van der Waals surface area contributed by atoms with E-state index in [0.29, 0.717) is 11.6 Å². The second-order valence-corrected chi connectivity index (χ2v) is 9.20. The van der Waals surface area contributed by atoms with E-state index in [1.165, 1.54) is 16.7 Å². The quantitative estimate of drug-likeness (QED) is 0.569. The van der Waals surface area contributed by atoms with E-state index in [9.17, 15) is 14.7 Å². The average Bonchev–Trinajstić information content (AvgIpc) is 3.32. The Labute approximate surface area is 172 Å². The van der Waals surface area contributed by atoms with Crippen molar-refractivity contribution in [3.8, 4) is 0 Å². The molecule has 2 aromatic heterocycles. The molecule has 3 aromatic rings. The molecule has 9 heteroatoms. The highest BCUT2D eigenvalue weighted by Gasteiger charge is 2.46. The number of carbonyl (C=O) groups excluding carboxylic acids is 1. The maximum Gasteiger partial charge on any atom is 0.408 e. The van der Waals surface area contributed by atoms with Crippen molar-refractivity contribution in [1.29, 1.82) is 0 Å². The summed E-state index contributed by atoms with van der Waals surface area (Å²) in [6.45, 7) is 5.92. The number of hydrogen-bond acceptors (Lipinski definition) is 5. The summed E-state index contributed by atoms with van der Waals surface area (Å²) >= 11 is 1.49. The summed E-state index contributed by atoms with van der Waals surface area (Å²) < 4.78 is 1.99. The third-order valence-electron chi connectivity index (χ3n) is 4.93. The predicted octanol–water partition coefficient (Wildman–Crippen LogP) is 3.40. The Hall–Kier alpha value is -2.94. The van der Waals surface area contributed by atoms with Crippen molar-refractivity contribution in [1.82, 2.24) is 19.7 Å². The van der Waals surface area contributed by atoms with Crippen LogP contribution in [0.15, 0.2) is 42.6 Å². The monoisotopic (exact) mass is 413 g/mol. The first-order valence-corrected chi connectivity index (χ1v) is 10.4. The number of hydrogen-bond donors (Lipinski definition) is 3. The molecule has 1 aliphatic heterocycles. The number of fused-ring (bicyclic) bond motifs is 3. The molecule has 0 bridgehead atoms. The highest BCUT2D eigenvalue weighted by atomic mass is 32.2. The van der Waals surface area contributed by atoms with Crippen molar-refractivity contribution < 1.29 is 14.7 Å². The van der Waals surface area contributed by atoms with Gasteiger partial charge >= 0.3 is 6.09 Å². The van der Waals surface area contributed by atoms with Gasteiger partial charge in [-0.1, -0.05) is 32.9 Å². The number of nitrogens with one attached hydrogen (secondary N) is 2. The molecule has 0 spiro atoms. The normalized spacial score (nSPS) is 19.6. The number of para-hydroxylation sites is 2. The van der Waals surface area contributed by atoms with Crippen LogP contribution in [-0.4, -0.2) is 48.6 Å². The Balaban J connectivity index is 1.57. The lowest BCUT2D eigenvalue weighted by Crippen LogP contribution is -2.53. The van der Waals surface area contributed by atoms with Crippen LogP contribution >= 0.6 is 11.8 Å². The zero-order valence-corrected chi connectivity index (χ0v) is 17.2. The average molecular weight is 414 g/mol. The Morgan fingerprint density at radius 1 is 1.17 bits per heavy atom. The van der Waals surface area contributed by atoms with Gasteiger partial charge in [-0.3, -0.25) is 20.5 Å². The van der Waals surface area contributed by atoms with Crippen molar-refractivity contribution in [2.45, 2.75) is 32.2 Å². The molecule has 1 aliphatic rings. The summed E-state index contributed by atoms with van der Waals surface area (Å²) in [7, 11) is 0. The van der Waals surface area contributed by atoms with Crippen molar-refractivity contribution in [2.24, 2.45) is 5.41 Å². The fourth-order valence-corrected chi connectivity index (χ4v) is 5.20. The van der Waals surface area contributed by atoms with Gasteiger partial charge in [0, 0.05) is 11.9 Å². The molecule has 2 amide bonds. The molecule has 2 atom stereocenters. The maximum atomic E-state index is 12.8. The fraction of sp³-hybridized carbons (Fsp3) is 0.350. The Morgan fingerprint density at radius 2 is 1.90 bits per heavy atom. The van der Waals surface area contributed by atoms with Crippen LogP contribution in [0, 0.1) is 5.41 Å². The number of nitrogens with zero attached hydrogens (tertiary/aromatic N) is 3. The topological polar surface area (TPSA) is 99.0 Å². The highest BCUT2D eigenvalue weighted by molar-refractivity contribution is 8.00. The van der Waals surface area contributed by atoms with E-state index in [1.807, 2.05) is 67.8 Å². The van der Waals surface area contributed by atoms with Crippen molar-refractivity contribution in [3.63, 3.8) is 0 Å². The molecule has 2 unspecified atom stereocenters. The predicted molar refractivity (Wildman–Crippen MR) is 114 cm³/mol. The van der Waals surface area contributed by atoms with Gasteiger partial charge < -0.3 is 9.51 Å². The first kappa shape index (κ1) is 19.4. The second-order valence-electron chi connectivity index (χ2n) is 8.08. The summed E-state index contributed by atoms with van der Waals surface area (Å²) in [5, 5.41) is 9.39. The number of hydrazine groups is 1. The molecule has 0 radical (unpaired) electrons. The molecule has 8 nitrogen and oxygen atoms in total. The van der Waals surface area contributed by atoms with Crippen LogP contribution in [0.1, 0.15) is 20.8 Å². The first-order valence-electron chi connectivity index (χ1n) is 9.32. The van der Waals surface area contributed by atoms with Gasteiger partial charge in [-0.05, 0) is 29.7 Å². The number of thioether (sulfide) groups is 1. The Kier molecular flexibility index (Phi) is 4.77. The molecule has 152 valence electrons. The molecule has 3 N–H and O–H groups in total. The van der Waals surface area contributed by atoms with Crippen LogP contribution in [0.4, 0.5) is 10.6 Å². The molecule has 29 heavy (non-hydrogen) atoms. The van der Waals surface area contributed by atoms with Gasteiger partial charge in [0.1, 0.15) is 6.04 Å². The van der Waals surface area contributed by atoms with Crippen molar-refractivity contribution in [2.75, 3.05) is 11.2 Å². The summed E-state index contributed by atoms with van der Waals surface area (Å²) in [4.78, 5) is 30.5. The van der Waals surface area contributed by atoms with E-state index >= 15 is 0 Å². The second kappa shape index (κ2) is 7.14. The first-order chi connectivity index (χ1) is 13.8. The molecule has 3 heterocycles. The van der Waals surface area contributed by atoms with Crippen LogP contribution in [0.5, 0.6) is 0 Å². The molecule has 4 rings (SSSR count). The molecule has 1 fully saturated rings. The lowest BCUT2D eigenvalue weighted by atomic mass is 9.95.